The Morgan fingerprint density at radius 3 is 2.79 bits per heavy atom. The van der Waals surface area contributed by atoms with Gasteiger partial charge < -0.3 is 19.6 Å². The number of hydrogen-bond acceptors (Lipinski definition) is 4. The lowest BCUT2D eigenvalue weighted by Crippen LogP contribution is -2.11. The first-order valence-corrected chi connectivity index (χ1v) is 6.18. The van der Waals surface area contributed by atoms with Gasteiger partial charge in [-0.25, -0.2) is 0 Å². The molecule has 1 aromatic carbocycles. The van der Waals surface area contributed by atoms with Crippen LogP contribution in [0, 0.1) is 0 Å². The maximum atomic E-state index is 5.66. The van der Waals surface area contributed by atoms with Crippen molar-refractivity contribution < 1.29 is 13.9 Å². The molecule has 0 saturated carbocycles. The SMILES string of the molecule is COc1ccc(COCc2ccco2)cc1C(N)=S. The maximum Gasteiger partial charge on any atom is 0.129 e. The number of ether oxygens (including phenoxy) is 2. The van der Waals surface area contributed by atoms with Crippen molar-refractivity contribution in [3.8, 4) is 5.75 Å². The van der Waals surface area contributed by atoms with E-state index in [2.05, 4.69) is 0 Å². The Hall–Kier alpha value is -1.85. The Morgan fingerprint density at radius 2 is 2.16 bits per heavy atom. The van der Waals surface area contributed by atoms with Crippen LogP contribution in [0.4, 0.5) is 0 Å². The molecule has 0 aliphatic carbocycles. The molecule has 0 aliphatic heterocycles. The molecule has 0 radical (unpaired) electrons. The first-order valence-electron chi connectivity index (χ1n) is 5.77. The molecular weight excluding hydrogens is 262 g/mol. The second kappa shape index (κ2) is 6.36. The fraction of sp³-hybridized carbons (Fsp3) is 0.214. The van der Waals surface area contributed by atoms with Gasteiger partial charge in [-0.1, -0.05) is 18.3 Å². The minimum atomic E-state index is 0.310. The van der Waals surface area contributed by atoms with Crippen molar-refractivity contribution in [2.24, 2.45) is 5.73 Å². The lowest BCUT2D eigenvalue weighted by Gasteiger charge is -2.09. The normalized spacial score (nSPS) is 10.4. The summed E-state index contributed by atoms with van der Waals surface area (Å²) >= 11 is 4.99. The van der Waals surface area contributed by atoms with E-state index in [9.17, 15) is 0 Å². The second-order valence-electron chi connectivity index (χ2n) is 3.97. The highest BCUT2D eigenvalue weighted by atomic mass is 32.1. The molecule has 0 fully saturated rings. The van der Waals surface area contributed by atoms with E-state index in [1.54, 1.807) is 13.4 Å². The highest BCUT2D eigenvalue weighted by molar-refractivity contribution is 7.80. The smallest absolute Gasteiger partial charge is 0.129 e. The lowest BCUT2D eigenvalue weighted by atomic mass is 10.1. The van der Waals surface area contributed by atoms with Gasteiger partial charge in [0.2, 0.25) is 0 Å². The number of rotatable bonds is 6. The minimum absolute atomic E-state index is 0.310. The minimum Gasteiger partial charge on any atom is -0.496 e. The van der Waals surface area contributed by atoms with Crippen molar-refractivity contribution in [1.82, 2.24) is 0 Å². The quantitative estimate of drug-likeness (QED) is 0.823. The van der Waals surface area contributed by atoms with Crippen molar-refractivity contribution in [2.45, 2.75) is 13.2 Å². The fourth-order valence-corrected chi connectivity index (χ4v) is 1.86. The highest BCUT2D eigenvalue weighted by Gasteiger charge is 2.07. The molecular formula is C14H15NO3S. The molecule has 0 unspecified atom stereocenters. The molecule has 1 aromatic heterocycles. The molecule has 0 spiro atoms. The van der Waals surface area contributed by atoms with Crippen molar-refractivity contribution in [2.75, 3.05) is 7.11 Å². The fourth-order valence-electron chi connectivity index (χ4n) is 1.70. The Labute approximate surface area is 117 Å². The van der Waals surface area contributed by atoms with Gasteiger partial charge in [0.1, 0.15) is 23.1 Å². The third-order valence-electron chi connectivity index (χ3n) is 2.62. The molecule has 2 aromatic rings. The van der Waals surface area contributed by atoms with Gasteiger partial charge in [0, 0.05) is 0 Å². The maximum absolute atomic E-state index is 5.66. The summed E-state index contributed by atoms with van der Waals surface area (Å²) in [5.74, 6) is 1.46. The number of thiocarbonyl (C=S) groups is 1. The van der Waals surface area contributed by atoms with Crippen LogP contribution in [0.15, 0.2) is 41.0 Å². The van der Waals surface area contributed by atoms with Crippen molar-refractivity contribution in [1.29, 1.82) is 0 Å². The predicted molar refractivity (Wildman–Crippen MR) is 76.1 cm³/mol. The predicted octanol–water partition coefficient (Wildman–Crippen LogP) is 2.64. The molecule has 5 heteroatoms. The van der Waals surface area contributed by atoms with Crippen molar-refractivity contribution >= 4 is 17.2 Å². The van der Waals surface area contributed by atoms with E-state index in [-0.39, 0.29) is 0 Å². The molecule has 19 heavy (non-hydrogen) atoms. The van der Waals surface area contributed by atoms with Gasteiger partial charge in [-0.3, -0.25) is 0 Å². The molecule has 0 amide bonds. The molecule has 2 N–H and O–H groups in total. The largest absolute Gasteiger partial charge is 0.496 e. The van der Waals surface area contributed by atoms with E-state index < -0.39 is 0 Å². The third-order valence-corrected chi connectivity index (χ3v) is 2.84. The lowest BCUT2D eigenvalue weighted by molar-refractivity contribution is 0.0929. The Morgan fingerprint density at radius 1 is 1.32 bits per heavy atom. The monoisotopic (exact) mass is 277 g/mol. The Kier molecular flexibility index (Phi) is 4.54. The van der Waals surface area contributed by atoms with Gasteiger partial charge in [-0.2, -0.15) is 0 Å². The van der Waals surface area contributed by atoms with E-state index in [1.165, 1.54) is 0 Å². The van der Waals surface area contributed by atoms with Crippen LogP contribution in [0.2, 0.25) is 0 Å². The van der Waals surface area contributed by atoms with E-state index in [1.807, 2.05) is 30.3 Å². The van der Waals surface area contributed by atoms with Crippen LogP contribution >= 0.6 is 12.2 Å². The molecule has 0 bridgehead atoms. The van der Waals surface area contributed by atoms with Gasteiger partial charge in [0.15, 0.2) is 0 Å². The average Bonchev–Trinajstić information content (AvgIpc) is 2.91. The van der Waals surface area contributed by atoms with Crippen LogP contribution < -0.4 is 10.5 Å². The molecule has 0 aliphatic rings. The topological polar surface area (TPSA) is 57.6 Å². The van der Waals surface area contributed by atoms with Crippen LogP contribution in [0.3, 0.4) is 0 Å². The molecule has 2 rings (SSSR count). The van der Waals surface area contributed by atoms with Crippen molar-refractivity contribution in [3.05, 3.63) is 53.5 Å². The molecule has 1 heterocycles. The van der Waals surface area contributed by atoms with Crippen LogP contribution in [0.5, 0.6) is 5.75 Å². The van der Waals surface area contributed by atoms with Crippen LogP contribution in [-0.2, 0) is 18.0 Å². The number of nitrogens with two attached hydrogens (primary N) is 1. The van der Waals surface area contributed by atoms with E-state index in [4.69, 9.17) is 31.8 Å². The molecule has 100 valence electrons. The summed E-state index contributed by atoms with van der Waals surface area (Å²) in [6, 6.07) is 9.33. The number of hydrogen-bond donors (Lipinski definition) is 1. The van der Waals surface area contributed by atoms with Gasteiger partial charge in [0.25, 0.3) is 0 Å². The third kappa shape index (κ3) is 3.56. The summed E-state index contributed by atoms with van der Waals surface area (Å²) in [5, 5.41) is 0. The van der Waals surface area contributed by atoms with E-state index in [0.29, 0.717) is 24.0 Å². The molecule has 0 saturated heterocycles. The van der Waals surface area contributed by atoms with Crippen LogP contribution in [0.1, 0.15) is 16.9 Å². The first-order chi connectivity index (χ1) is 9.20. The number of furan rings is 1. The summed E-state index contributed by atoms with van der Waals surface area (Å²) in [4.78, 5) is 0.310. The van der Waals surface area contributed by atoms with E-state index in [0.717, 1.165) is 16.9 Å². The summed E-state index contributed by atoms with van der Waals surface area (Å²) in [7, 11) is 1.59. The average molecular weight is 277 g/mol. The van der Waals surface area contributed by atoms with Gasteiger partial charge in [-0.05, 0) is 29.8 Å². The standard InChI is InChI=1S/C14H15NO3S/c1-16-13-5-4-10(7-12(13)14(15)19)8-17-9-11-3-2-6-18-11/h2-7H,8-9H2,1H3,(H2,15,19). The van der Waals surface area contributed by atoms with Crippen molar-refractivity contribution in [3.63, 3.8) is 0 Å². The summed E-state index contributed by atoms with van der Waals surface area (Å²) in [6.45, 7) is 0.891. The summed E-state index contributed by atoms with van der Waals surface area (Å²) in [6.07, 6.45) is 1.62. The molecule has 0 atom stereocenters. The zero-order valence-electron chi connectivity index (χ0n) is 10.6. The summed E-state index contributed by atoms with van der Waals surface area (Å²) < 4.78 is 15.9. The second-order valence-corrected chi connectivity index (χ2v) is 4.41. The van der Waals surface area contributed by atoms with Gasteiger partial charge in [-0.15, -0.1) is 0 Å². The molecule has 4 nitrogen and oxygen atoms in total. The number of methoxy groups -OCH3 is 1. The van der Waals surface area contributed by atoms with Gasteiger partial charge >= 0.3 is 0 Å². The van der Waals surface area contributed by atoms with Crippen LogP contribution in [0.25, 0.3) is 0 Å². The zero-order valence-corrected chi connectivity index (χ0v) is 11.4. The number of benzene rings is 1. The first kappa shape index (κ1) is 13.6. The summed E-state index contributed by atoms with van der Waals surface area (Å²) in [5.41, 5.74) is 7.36. The van der Waals surface area contributed by atoms with Crippen LogP contribution in [-0.4, -0.2) is 12.1 Å². The zero-order chi connectivity index (χ0) is 13.7. The van der Waals surface area contributed by atoms with Gasteiger partial charge in [0.05, 0.1) is 25.5 Å². The van der Waals surface area contributed by atoms with E-state index >= 15 is 0 Å². The Bertz CT molecular complexity index is 552. The highest BCUT2D eigenvalue weighted by Crippen LogP contribution is 2.20. The Balaban J connectivity index is 2.00.